The molecule has 0 radical (unpaired) electrons. The van der Waals surface area contributed by atoms with Gasteiger partial charge in [-0.3, -0.25) is 9.78 Å². The molecule has 1 aromatic carbocycles. The number of carbonyl (C=O) groups is 1. The highest BCUT2D eigenvalue weighted by Crippen LogP contribution is 2.30. The number of hydrogen-bond acceptors (Lipinski definition) is 5. The summed E-state index contributed by atoms with van der Waals surface area (Å²) in [6.07, 6.45) is 7.59. The van der Waals surface area contributed by atoms with Crippen LogP contribution in [0.15, 0.2) is 36.4 Å². The zero-order valence-corrected chi connectivity index (χ0v) is 20.6. The van der Waals surface area contributed by atoms with Crippen molar-refractivity contribution in [1.29, 1.82) is 0 Å². The molecule has 6 heteroatoms. The van der Waals surface area contributed by atoms with Crippen LogP contribution < -0.4 is 10.2 Å². The van der Waals surface area contributed by atoms with Crippen LogP contribution in [0.25, 0.3) is 0 Å². The Morgan fingerprint density at radius 2 is 2.00 bits per heavy atom. The molecule has 1 aromatic heterocycles. The maximum Gasteiger partial charge on any atom is 0.251 e. The Bertz CT molecular complexity index is 1040. The van der Waals surface area contributed by atoms with Crippen molar-refractivity contribution in [2.45, 2.75) is 59.0 Å². The number of allylic oxidation sites excluding steroid dienone is 1. The van der Waals surface area contributed by atoms with Gasteiger partial charge >= 0.3 is 0 Å². The maximum absolute atomic E-state index is 13.4. The summed E-state index contributed by atoms with van der Waals surface area (Å²) < 4.78 is 5.59. The molecular weight excluding hydrogens is 426 g/mol. The number of ether oxygens (including phenoxy) is 1. The predicted octanol–water partition coefficient (Wildman–Crippen LogP) is 3.90. The highest BCUT2D eigenvalue weighted by Gasteiger charge is 2.25. The van der Waals surface area contributed by atoms with Crippen LogP contribution >= 0.6 is 0 Å². The van der Waals surface area contributed by atoms with Gasteiger partial charge in [-0.05, 0) is 81.3 Å². The van der Waals surface area contributed by atoms with Gasteiger partial charge in [0.05, 0.1) is 0 Å². The fraction of sp³-hybridized carbons (Fsp3) is 0.500. The second-order valence-corrected chi connectivity index (χ2v) is 9.38. The lowest BCUT2D eigenvalue weighted by Crippen LogP contribution is -2.40. The molecule has 4 rings (SSSR count). The largest absolute Gasteiger partial charge is 0.396 e. The molecule has 2 aliphatic rings. The quantitative estimate of drug-likeness (QED) is 0.673. The summed E-state index contributed by atoms with van der Waals surface area (Å²) in [7, 11) is 0. The summed E-state index contributed by atoms with van der Waals surface area (Å²) in [4.78, 5) is 20.5. The zero-order chi connectivity index (χ0) is 24.1. The molecule has 0 spiro atoms. The third kappa shape index (κ3) is 5.34. The van der Waals surface area contributed by atoms with Crippen molar-refractivity contribution in [2.24, 2.45) is 5.92 Å². The Hall–Kier alpha value is -2.70. The van der Waals surface area contributed by atoms with E-state index in [0.717, 1.165) is 72.8 Å². The third-order valence-corrected chi connectivity index (χ3v) is 7.10. The first kappa shape index (κ1) is 24.4. The molecule has 0 saturated carbocycles. The van der Waals surface area contributed by atoms with Crippen molar-refractivity contribution in [1.82, 2.24) is 10.3 Å². The number of aliphatic hydroxyl groups is 1. The molecule has 1 atom stereocenters. The van der Waals surface area contributed by atoms with Gasteiger partial charge in [-0.15, -0.1) is 0 Å². The molecule has 182 valence electrons. The number of hydrogen-bond donors (Lipinski definition) is 2. The minimum atomic E-state index is -0.0570. The van der Waals surface area contributed by atoms with E-state index in [-0.39, 0.29) is 18.4 Å². The summed E-state index contributed by atoms with van der Waals surface area (Å²) in [5.74, 6) is -0.0399. The SMILES string of the molecule is CCN(c1cccc2c1C/C=C/C(CO)Cc1cc(C)nc(C)c1CNC2=O)C1CCOCC1. The summed E-state index contributed by atoms with van der Waals surface area (Å²) in [5.41, 5.74) is 6.95. The monoisotopic (exact) mass is 463 g/mol. The van der Waals surface area contributed by atoms with Crippen molar-refractivity contribution in [3.05, 3.63) is 70.1 Å². The molecule has 0 bridgehead atoms. The van der Waals surface area contributed by atoms with E-state index in [4.69, 9.17) is 4.74 Å². The van der Waals surface area contributed by atoms with E-state index in [2.05, 4.69) is 46.4 Å². The number of nitrogens with one attached hydrogen (secondary N) is 1. The van der Waals surface area contributed by atoms with E-state index < -0.39 is 0 Å². The standard InChI is InChI=1S/C28H37N3O3/c1-4-31(23-11-13-34-14-12-23)27-10-6-9-25-24(27)8-5-7-21(18-32)16-22-15-19(2)30-20(3)26(22)17-29-28(25)33/h5-7,9-10,15,21,23,32H,4,8,11-14,16-18H2,1-3H3,(H,29,33)/b7-5+. The highest BCUT2D eigenvalue weighted by molar-refractivity contribution is 5.97. The van der Waals surface area contributed by atoms with Gasteiger partial charge in [0.2, 0.25) is 0 Å². The van der Waals surface area contributed by atoms with Gasteiger partial charge in [-0.1, -0.05) is 18.2 Å². The fourth-order valence-electron chi connectivity index (χ4n) is 5.37. The van der Waals surface area contributed by atoms with Gasteiger partial charge in [-0.2, -0.15) is 0 Å². The predicted molar refractivity (Wildman–Crippen MR) is 135 cm³/mol. The Balaban J connectivity index is 1.74. The van der Waals surface area contributed by atoms with Crippen LogP contribution in [0.3, 0.4) is 0 Å². The average molecular weight is 464 g/mol. The van der Waals surface area contributed by atoms with Crippen LogP contribution in [0.5, 0.6) is 0 Å². The van der Waals surface area contributed by atoms with Crippen molar-refractivity contribution in [3.63, 3.8) is 0 Å². The third-order valence-electron chi connectivity index (χ3n) is 7.10. The van der Waals surface area contributed by atoms with Crippen molar-refractivity contribution < 1.29 is 14.6 Å². The van der Waals surface area contributed by atoms with Gasteiger partial charge in [0, 0.05) is 67.5 Å². The first-order valence-electron chi connectivity index (χ1n) is 12.5. The van der Waals surface area contributed by atoms with Crippen LogP contribution in [-0.2, 0) is 24.1 Å². The molecule has 1 amide bonds. The van der Waals surface area contributed by atoms with Gasteiger partial charge in [-0.25, -0.2) is 0 Å². The molecule has 2 aromatic rings. The lowest BCUT2D eigenvalue weighted by Gasteiger charge is -2.37. The van der Waals surface area contributed by atoms with Crippen LogP contribution in [0.1, 0.15) is 58.2 Å². The number of rotatable bonds is 4. The molecule has 1 unspecified atom stereocenters. The van der Waals surface area contributed by atoms with Crippen LogP contribution in [0, 0.1) is 19.8 Å². The minimum absolute atomic E-state index is 0.0171. The molecule has 2 aliphatic heterocycles. The number of anilines is 1. The van der Waals surface area contributed by atoms with E-state index in [1.165, 1.54) is 0 Å². The van der Waals surface area contributed by atoms with Gasteiger partial charge < -0.3 is 20.1 Å². The van der Waals surface area contributed by atoms with E-state index >= 15 is 0 Å². The number of aliphatic hydroxyl groups excluding tert-OH is 1. The van der Waals surface area contributed by atoms with Crippen LogP contribution in [-0.4, -0.2) is 48.4 Å². The number of aryl methyl sites for hydroxylation is 2. The topological polar surface area (TPSA) is 74.7 Å². The van der Waals surface area contributed by atoms with Crippen molar-refractivity contribution in [3.8, 4) is 0 Å². The van der Waals surface area contributed by atoms with E-state index in [1.54, 1.807) is 0 Å². The second kappa shape index (κ2) is 11.2. The molecule has 34 heavy (non-hydrogen) atoms. The summed E-state index contributed by atoms with van der Waals surface area (Å²) in [5, 5.41) is 13.3. The first-order chi connectivity index (χ1) is 16.5. The van der Waals surface area contributed by atoms with Crippen LogP contribution in [0.4, 0.5) is 5.69 Å². The van der Waals surface area contributed by atoms with E-state index in [9.17, 15) is 9.90 Å². The van der Waals surface area contributed by atoms with Gasteiger partial charge in [0.15, 0.2) is 0 Å². The van der Waals surface area contributed by atoms with Crippen molar-refractivity contribution in [2.75, 3.05) is 31.3 Å². The smallest absolute Gasteiger partial charge is 0.251 e. The Kier molecular flexibility index (Phi) is 8.01. The Morgan fingerprint density at radius 3 is 2.74 bits per heavy atom. The second-order valence-electron chi connectivity index (χ2n) is 9.38. The van der Waals surface area contributed by atoms with Gasteiger partial charge in [0.25, 0.3) is 5.91 Å². The summed E-state index contributed by atoms with van der Waals surface area (Å²) in [6, 6.07) is 8.55. The summed E-state index contributed by atoms with van der Waals surface area (Å²) >= 11 is 0. The first-order valence-corrected chi connectivity index (χ1v) is 12.5. The molecule has 2 N–H and O–H groups in total. The normalized spacial score (nSPS) is 20.4. The number of pyridine rings is 1. The summed E-state index contributed by atoms with van der Waals surface area (Å²) in [6.45, 7) is 9.10. The molecular formula is C28H37N3O3. The maximum atomic E-state index is 13.4. The Labute approximate surface area is 203 Å². The van der Waals surface area contributed by atoms with Crippen LogP contribution in [0.2, 0.25) is 0 Å². The number of amides is 1. The molecule has 1 fully saturated rings. The lowest BCUT2D eigenvalue weighted by molar-refractivity contribution is 0.0845. The number of fused-ring (bicyclic) bond motifs is 2. The molecule has 3 heterocycles. The number of carbonyl (C=O) groups excluding carboxylic acids is 1. The lowest BCUT2D eigenvalue weighted by atomic mass is 9.92. The minimum Gasteiger partial charge on any atom is -0.396 e. The van der Waals surface area contributed by atoms with Crippen molar-refractivity contribution >= 4 is 11.6 Å². The highest BCUT2D eigenvalue weighted by atomic mass is 16.5. The zero-order valence-electron chi connectivity index (χ0n) is 20.6. The fourth-order valence-corrected chi connectivity index (χ4v) is 5.37. The average Bonchev–Trinajstić information content (AvgIpc) is 2.83. The molecule has 6 nitrogen and oxygen atoms in total. The molecule has 0 aliphatic carbocycles. The number of aromatic nitrogens is 1. The number of benzene rings is 1. The number of nitrogens with zero attached hydrogens (tertiary/aromatic N) is 2. The Morgan fingerprint density at radius 1 is 1.21 bits per heavy atom. The van der Waals surface area contributed by atoms with Gasteiger partial charge in [0.1, 0.15) is 0 Å². The van der Waals surface area contributed by atoms with E-state index in [1.807, 2.05) is 26.0 Å². The molecule has 1 saturated heterocycles. The van der Waals surface area contributed by atoms with E-state index in [0.29, 0.717) is 24.6 Å².